The van der Waals surface area contributed by atoms with Crippen molar-refractivity contribution in [1.29, 1.82) is 0 Å². The van der Waals surface area contributed by atoms with Crippen LogP contribution < -0.4 is 5.73 Å². The van der Waals surface area contributed by atoms with E-state index in [0.29, 0.717) is 24.4 Å². The molecule has 0 aliphatic carbocycles. The molecule has 1 saturated heterocycles. The van der Waals surface area contributed by atoms with Crippen molar-refractivity contribution >= 4 is 23.4 Å². The summed E-state index contributed by atoms with van der Waals surface area (Å²) in [6, 6.07) is 21.3. The molecular weight excluding hydrogens is 753 g/mol. The average molecular weight is 795 g/mol. The molecule has 4 aromatic rings. The number of benzene rings is 4. The van der Waals surface area contributed by atoms with Crippen molar-refractivity contribution in [3.8, 4) is 0 Å². The Hall–Kier alpha value is -5.57. The van der Waals surface area contributed by atoms with Crippen LogP contribution in [-0.4, -0.2) is 63.6 Å². The normalized spacial score (nSPS) is 21.2. The van der Waals surface area contributed by atoms with Crippen LogP contribution >= 0.6 is 0 Å². The molecule has 3 aliphatic rings. The van der Waals surface area contributed by atoms with Gasteiger partial charge in [-0.3, -0.25) is 4.79 Å². The lowest BCUT2D eigenvalue weighted by atomic mass is 9.79. The van der Waals surface area contributed by atoms with Crippen molar-refractivity contribution in [1.82, 2.24) is 14.9 Å². The van der Waals surface area contributed by atoms with Gasteiger partial charge < -0.3 is 10.6 Å². The van der Waals surface area contributed by atoms with Crippen LogP contribution in [0.4, 0.5) is 35.5 Å². The summed E-state index contributed by atoms with van der Waals surface area (Å²) in [4.78, 5) is 27.1. The van der Waals surface area contributed by atoms with E-state index in [1.807, 2.05) is 37.3 Å². The van der Waals surface area contributed by atoms with E-state index in [0.717, 1.165) is 59.8 Å². The lowest BCUT2D eigenvalue weighted by Gasteiger charge is -2.39. The van der Waals surface area contributed by atoms with Crippen molar-refractivity contribution in [3.63, 3.8) is 0 Å². The van der Waals surface area contributed by atoms with E-state index in [-0.39, 0.29) is 47.5 Å². The van der Waals surface area contributed by atoms with E-state index in [4.69, 9.17) is 5.73 Å². The fourth-order valence-electron chi connectivity index (χ4n) is 7.58. The predicted octanol–water partition coefficient (Wildman–Crippen LogP) is 9.06. The Morgan fingerprint density at radius 3 is 1.96 bits per heavy atom. The minimum absolute atomic E-state index is 0.0818. The topological polar surface area (TPSA) is 94.6 Å². The molecule has 8 nitrogen and oxygen atoms in total. The molecule has 4 aromatic carbocycles. The molecule has 1 fully saturated rings. The fraction of sp³-hybridized carbons (Fsp3) is 0.333. The van der Waals surface area contributed by atoms with Gasteiger partial charge in [-0.25, -0.2) is 32.4 Å². The SMILES string of the molecule is CC(=O)N1N=C(c2cc(F)ccc2F)C(C)C1c1ccccc1.NC(CCC1(c2ccccc2)CC(c2cc(F)ccc2F)=NN1C(=O)N1CCCC1)C(F)(F)F. The molecule has 2 N–H and O–H groups in total. The molecule has 0 saturated carbocycles. The van der Waals surface area contributed by atoms with Crippen LogP contribution in [-0.2, 0) is 10.3 Å². The van der Waals surface area contributed by atoms with Crippen LogP contribution in [0, 0.1) is 29.2 Å². The first-order valence-electron chi connectivity index (χ1n) is 18.5. The highest BCUT2D eigenvalue weighted by atomic mass is 19.4. The summed E-state index contributed by atoms with van der Waals surface area (Å²) in [5, 5.41) is 11.2. The first-order valence-corrected chi connectivity index (χ1v) is 18.5. The zero-order valence-electron chi connectivity index (χ0n) is 31.2. The Morgan fingerprint density at radius 1 is 0.825 bits per heavy atom. The lowest BCUT2D eigenvalue weighted by molar-refractivity contribution is -0.150. The Labute approximate surface area is 325 Å². The van der Waals surface area contributed by atoms with E-state index in [2.05, 4.69) is 10.2 Å². The van der Waals surface area contributed by atoms with Crippen LogP contribution in [0.25, 0.3) is 0 Å². The Kier molecular flexibility index (Phi) is 12.2. The molecule has 4 atom stereocenters. The van der Waals surface area contributed by atoms with Gasteiger partial charge in [0, 0.05) is 43.5 Å². The number of carbonyl (C=O) groups is 2. The number of urea groups is 1. The number of rotatable bonds is 7. The number of hydrogen-bond acceptors (Lipinski definition) is 5. The molecule has 3 aliphatic heterocycles. The Balaban J connectivity index is 0.000000208. The van der Waals surface area contributed by atoms with Gasteiger partial charge in [0.2, 0.25) is 5.91 Å². The molecule has 3 amide bonds. The molecule has 15 heteroatoms. The summed E-state index contributed by atoms with van der Waals surface area (Å²) < 4.78 is 96.0. The van der Waals surface area contributed by atoms with E-state index in [1.54, 1.807) is 35.2 Å². The highest BCUT2D eigenvalue weighted by molar-refractivity contribution is 6.05. The van der Waals surface area contributed by atoms with Crippen LogP contribution in [0.5, 0.6) is 0 Å². The second kappa shape index (κ2) is 16.9. The zero-order valence-corrected chi connectivity index (χ0v) is 31.2. The third kappa shape index (κ3) is 8.73. The molecular formula is C42H41F7N6O2. The molecule has 0 bridgehead atoms. The first-order chi connectivity index (χ1) is 27.1. The van der Waals surface area contributed by atoms with Crippen molar-refractivity contribution in [3.05, 3.63) is 143 Å². The number of nitrogens with two attached hydrogens (primary N) is 1. The molecule has 0 radical (unpaired) electrons. The van der Waals surface area contributed by atoms with Gasteiger partial charge in [-0.2, -0.15) is 23.4 Å². The number of halogens is 7. The van der Waals surface area contributed by atoms with Crippen LogP contribution in [0.15, 0.2) is 107 Å². The number of amides is 3. The minimum atomic E-state index is -4.61. The second-order valence-electron chi connectivity index (χ2n) is 14.3. The summed E-state index contributed by atoms with van der Waals surface area (Å²) in [5.74, 6) is -2.99. The number of alkyl halides is 3. The highest BCUT2D eigenvalue weighted by Crippen LogP contribution is 2.45. The largest absolute Gasteiger partial charge is 0.403 e. The number of nitrogens with zero attached hydrogens (tertiary/aromatic N) is 5. The maximum absolute atomic E-state index is 14.6. The van der Waals surface area contributed by atoms with Gasteiger partial charge in [0.05, 0.1) is 23.0 Å². The van der Waals surface area contributed by atoms with E-state index in [1.165, 1.54) is 11.9 Å². The number of carbonyl (C=O) groups excluding carboxylic acids is 2. The van der Waals surface area contributed by atoms with Gasteiger partial charge in [-0.05, 0) is 73.2 Å². The van der Waals surface area contributed by atoms with E-state index >= 15 is 0 Å². The van der Waals surface area contributed by atoms with Gasteiger partial charge in [-0.15, -0.1) is 0 Å². The second-order valence-corrected chi connectivity index (χ2v) is 14.3. The number of likely N-dealkylation sites (tertiary alicyclic amines) is 1. The van der Waals surface area contributed by atoms with Crippen LogP contribution in [0.1, 0.15) is 74.2 Å². The van der Waals surface area contributed by atoms with Crippen molar-refractivity contribution < 1.29 is 40.3 Å². The van der Waals surface area contributed by atoms with Gasteiger partial charge in [0.25, 0.3) is 0 Å². The molecule has 0 aromatic heterocycles. The maximum Gasteiger partial charge on any atom is 0.403 e. The molecule has 300 valence electrons. The summed E-state index contributed by atoms with van der Waals surface area (Å²) in [6.07, 6.45) is -3.74. The summed E-state index contributed by atoms with van der Waals surface area (Å²) in [6.45, 7) is 4.25. The minimum Gasteiger partial charge on any atom is -0.323 e. The summed E-state index contributed by atoms with van der Waals surface area (Å²) in [5.41, 5.74) is 5.98. The number of hydrogen-bond donors (Lipinski definition) is 1. The number of hydrazone groups is 2. The Bertz CT molecular complexity index is 2140. The summed E-state index contributed by atoms with van der Waals surface area (Å²) in [7, 11) is 0. The van der Waals surface area contributed by atoms with Gasteiger partial charge >= 0.3 is 12.2 Å². The first kappa shape index (κ1) is 41.1. The third-order valence-electron chi connectivity index (χ3n) is 10.5. The molecule has 3 heterocycles. The van der Waals surface area contributed by atoms with Gasteiger partial charge in [-0.1, -0.05) is 67.6 Å². The quantitative estimate of drug-likeness (QED) is 0.189. The third-order valence-corrected chi connectivity index (χ3v) is 10.5. The monoisotopic (exact) mass is 794 g/mol. The predicted molar refractivity (Wildman–Crippen MR) is 201 cm³/mol. The maximum atomic E-state index is 14.6. The van der Waals surface area contributed by atoms with E-state index < -0.39 is 53.5 Å². The highest BCUT2D eigenvalue weighted by Gasteiger charge is 2.50. The van der Waals surface area contributed by atoms with Crippen molar-refractivity contribution in [2.24, 2.45) is 21.9 Å². The van der Waals surface area contributed by atoms with Gasteiger partial charge in [0.1, 0.15) is 29.3 Å². The molecule has 4 unspecified atom stereocenters. The molecule has 57 heavy (non-hydrogen) atoms. The fourth-order valence-corrected chi connectivity index (χ4v) is 7.58. The van der Waals surface area contributed by atoms with Gasteiger partial charge in [0.15, 0.2) is 0 Å². The lowest BCUT2D eigenvalue weighted by Crippen LogP contribution is -2.50. The zero-order chi connectivity index (χ0) is 41.1. The van der Waals surface area contributed by atoms with Crippen molar-refractivity contribution in [2.75, 3.05) is 13.1 Å². The molecule has 0 spiro atoms. The average Bonchev–Trinajstić information content (AvgIpc) is 3.95. The smallest absolute Gasteiger partial charge is 0.323 e. The van der Waals surface area contributed by atoms with Crippen molar-refractivity contribution in [2.45, 2.75) is 69.8 Å². The summed E-state index contributed by atoms with van der Waals surface area (Å²) >= 11 is 0. The van der Waals surface area contributed by atoms with Crippen LogP contribution in [0.2, 0.25) is 0 Å². The van der Waals surface area contributed by atoms with Crippen LogP contribution in [0.3, 0.4) is 0 Å². The Morgan fingerprint density at radius 2 is 1.39 bits per heavy atom. The molecule has 7 rings (SSSR count). The van der Waals surface area contributed by atoms with E-state index in [9.17, 15) is 40.3 Å². The standard InChI is InChI=1S/C24H25F5N4O.C18H16F2N2O/c25-17-8-9-19(26)18(14-17)20-15-23(16-6-2-1-3-7-16,11-10-21(30)24(27,28)29)33(31-20)22(34)32-12-4-5-13-32;1-11-17(15-10-14(19)8-9-16(15)20)21-22(12(2)23)18(11)13-6-4-3-5-7-13/h1-3,6-9,14,21H,4-5,10-13,15,30H2;3-11,18H,1-2H3.